The first-order valence-corrected chi connectivity index (χ1v) is 33.7. The molecule has 358 valence electrons. The van der Waals surface area contributed by atoms with E-state index in [0.717, 1.165) is 5.82 Å². The molecule has 1 saturated heterocycles. The molecule has 0 spiro atoms. The average Bonchev–Trinajstić information content (AvgIpc) is 3.66. The quantitative estimate of drug-likeness (QED) is 0.0995. The Hall–Kier alpha value is -1.24. The summed E-state index contributed by atoms with van der Waals surface area (Å²) in [6, 6.07) is 10.1. The van der Waals surface area contributed by atoms with E-state index in [1.54, 1.807) is 96.3 Å². The summed E-state index contributed by atoms with van der Waals surface area (Å²) in [7, 11) is 13.8. The Morgan fingerprint density at radius 3 is 1.42 bits per heavy atom. The van der Waals surface area contributed by atoms with Gasteiger partial charge in [0.1, 0.15) is 0 Å². The Balaban J connectivity index is 0.000000295. The van der Waals surface area contributed by atoms with Crippen molar-refractivity contribution in [2.75, 3.05) is 0 Å². The first kappa shape index (κ1) is 52.1. The van der Waals surface area contributed by atoms with Crippen LogP contribution in [0.1, 0.15) is 219 Å². The number of hydrogen-bond acceptors (Lipinski definition) is 2. The molecule has 4 fully saturated rings. The zero-order valence-corrected chi connectivity index (χ0v) is 46.0. The van der Waals surface area contributed by atoms with Gasteiger partial charge in [0.2, 0.25) is 0 Å². The van der Waals surface area contributed by atoms with Gasteiger partial charge < -0.3 is 0 Å². The molecule has 3 saturated carbocycles. The molecule has 5 aliphatic rings. The summed E-state index contributed by atoms with van der Waals surface area (Å²) < 4.78 is 2.30. The third-order valence-corrected chi connectivity index (χ3v) is 22.6. The van der Waals surface area contributed by atoms with Gasteiger partial charge in [0, 0.05) is 7.92 Å². The van der Waals surface area contributed by atoms with Crippen molar-refractivity contribution in [3.8, 4) is 0 Å². The first-order valence-electron chi connectivity index (χ1n) is 26.5. The number of allylic oxidation sites excluding steroid dienone is 5. The van der Waals surface area contributed by atoms with Gasteiger partial charge in [0.25, 0.3) is 0 Å². The van der Waals surface area contributed by atoms with E-state index in [1.807, 2.05) is 0 Å². The zero-order chi connectivity index (χ0) is 45.6. The number of benzene rings is 2. The third kappa shape index (κ3) is 13.5. The van der Waals surface area contributed by atoms with E-state index in [0.29, 0.717) is 12.1 Å². The second kappa shape index (κ2) is 25.9. The number of nitrogens with one attached hydrogen (secondary N) is 2. The number of unbranched alkanes of at least 4 members (excludes halogenated alkanes) is 6. The molecule has 6 heteroatoms. The molecule has 3 atom stereocenters. The monoisotopic (exact) mass is 1020 g/mol. The molecule has 7 rings (SSSR count). The van der Waals surface area contributed by atoms with Gasteiger partial charge in [-0.05, 0) is 77.0 Å². The molecule has 4 aliphatic carbocycles. The van der Waals surface area contributed by atoms with Crippen LogP contribution in [0.2, 0.25) is 0 Å². The van der Waals surface area contributed by atoms with Crippen LogP contribution in [0.3, 0.4) is 0 Å². The summed E-state index contributed by atoms with van der Waals surface area (Å²) in [5.41, 5.74) is 16.0. The van der Waals surface area contributed by atoms with E-state index in [1.165, 1.54) is 137 Å². The fraction of sp³-hybridized carbons (Fsp3) is 0.672. The van der Waals surface area contributed by atoms with Crippen LogP contribution in [0.25, 0.3) is 5.57 Å². The van der Waals surface area contributed by atoms with Crippen molar-refractivity contribution in [3.05, 3.63) is 98.4 Å². The summed E-state index contributed by atoms with van der Waals surface area (Å²) in [5, 5.41) is 8.26. The van der Waals surface area contributed by atoms with E-state index in [9.17, 15) is 0 Å². The molecule has 2 nitrogen and oxygen atoms in total. The molecule has 0 bridgehead atoms. The van der Waals surface area contributed by atoms with Crippen LogP contribution in [0.4, 0.5) is 0 Å². The molecule has 64 heavy (non-hydrogen) atoms. The van der Waals surface area contributed by atoms with Gasteiger partial charge in [-0.15, -0.1) is 0 Å². The van der Waals surface area contributed by atoms with Gasteiger partial charge >= 0.3 is 289 Å². The fourth-order valence-corrected chi connectivity index (χ4v) is 21.3. The third-order valence-electron chi connectivity index (χ3n) is 15.9. The van der Waals surface area contributed by atoms with E-state index < -0.39 is 18.9 Å². The van der Waals surface area contributed by atoms with Crippen LogP contribution in [-0.2, 0) is 18.9 Å². The molecular weight excluding hydrogens is 928 g/mol. The predicted octanol–water partition coefficient (Wildman–Crippen LogP) is 17.4. The van der Waals surface area contributed by atoms with Crippen LogP contribution in [0, 0.1) is 41.5 Å². The van der Waals surface area contributed by atoms with Crippen molar-refractivity contribution in [1.82, 2.24) is 10.6 Å². The first-order chi connectivity index (χ1) is 31.0. The SMILES string of the molecule is C1CCC([PH+](C2CCCCC2)C2CCCCC2)CC1.CCCCCCC1NC(=C2C(c3c(C)cc(C)cc3C)=CC=CC2([CH]=[Ru]([Cl])[Cl])c2c(C)cc(C)cc2C)NC1CCCCCC. The Morgan fingerprint density at radius 2 is 1.02 bits per heavy atom. The number of rotatable bonds is 16. The Morgan fingerprint density at radius 1 is 0.594 bits per heavy atom. The Kier molecular flexibility index (Phi) is 21.1. The van der Waals surface area contributed by atoms with Crippen molar-refractivity contribution in [1.29, 1.82) is 0 Å². The van der Waals surface area contributed by atoms with Gasteiger partial charge in [0.05, 0.1) is 17.0 Å². The molecule has 1 aliphatic heterocycles. The minimum absolute atomic E-state index is 0.0465. The molecule has 2 N–H and O–H groups in total. The molecule has 1 heterocycles. The second-order valence-electron chi connectivity index (χ2n) is 21.1. The van der Waals surface area contributed by atoms with Crippen LogP contribution in [0.5, 0.6) is 0 Å². The zero-order valence-electron chi connectivity index (χ0n) is 41.8. The molecule has 0 radical (unpaired) electrons. The van der Waals surface area contributed by atoms with Crippen molar-refractivity contribution in [3.63, 3.8) is 0 Å². The van der Waals surface area contributed by atoms with Crippen molar-refractivity contribution >= 4 is 37.5 Å². The molecule has 0 aromatic heterocycles. The van der Waals surface area contributed by atoms with E-state index in [-0.39, 0.29) is 7.92 Å². The summed E-state index contributed by atoms with van der Waals surface area (Å²) in [6.45, 7) is 18.0. The van der Waals surface area contributed by atoms with E-state index in [4.69, 9.17) is 19.4 Å². The minimum atomic E-state index is -2.25. The summed E-state index contributed by atoms with van der Waals surface area (Å²) in [6.07, 6.45) is 43.3. The number of aryl methyl sites for hydroxylation is 6. The Bertz CT molecular complexity index is 1810. The Labute approximate surface area is 407 Å². The van der Waals surface area contributed by atoms with Crippen molar-refractivity contribution in [2.45, 2.75) is 250 Å². The summed E-state index contributed by atoms with van der Waals surface area (Å²) in [4.78, 5) is 0. The van der Waals surface area contributed by atoms with Crippen LogP contribution in [-0.4, -0.2) is 33.7 Å². The topological polar surface area (TPSA) is 24.1 Å². The van der Waals surface area contributed by atoms with Crippen molar-refractivity contribution < 1.29 is 13.5 Å². The summed E-state index contributed by atoms with van der Waals surface area (Å²) >= 11 is -2.25. The van der Waals surface area contributed by atoms with Crippen LogP contribution in [0.15, 0.2) is 53.9 Å². The maximum atomic E-state index is 6.93. The molecule has 0 amide bonds. The van der Waals surface area contributed by atoms with Gasteiger partial charge in [-0.25, -0.2) is 0 Å². The van der Waals surface area contributed by atoms with Gasteiger partial charge in [-0.3, -0.25) is 0 Å². The molecular formula is C58H90Cl2N2PRu+. The number of hydrogen-bond donors (Lipinski definition) is 2. The standard InChI is InChI=1S/C40H56N2.C18H33P.2ClH.Ru/c1-10-12-14-16-20-34-35(21-17-15-13-11-2)42-39(41-34)38-33(36-29(5)23-27(3)24-30(36)6)19-18-22-40(38,9)37-31(7)25-28(4)26-32(37)8;1-4-10-16(11-5-1)19(17-12-6-2-7-13-17)18-14-8-3-9-15-18;;;/h9,18-19,22-26,34-35,41-42H,10-17,20-21H2,1-8H3;16-18H,1-15H2;2*1H;/q;;;;+2/p-1. The molecule has 2 aromatic rings. The summed E-state index contributed by atoms with van der Waals surface area (Å²) in [5.74, 6) is 1.16. The van der Waals surface area contributed by atoms with E-state index in [2.05, 4.69) is 113 Å². The van der Waals surface area contributed by atoms with Gasteiger partial charge in [0.15, 0.2) is 0 Å². The maximum absolute atomic E-state index is 6.93. The van der Waals surface area contributed by atoms with Crippen LogP contribution < -0.4 is 10.6 Å². The average molecular weight is 1020 g/mol. The predicted molar refractivity (Wildman–Crippen MR) is 285 cm³/mol. The van der Waals surface area contributed by atoms with Crippen LogP contribution >= 0.6 is 27.3 Å². The second-order valence-corrected chi connectivity index (χ2v) is 30.3. The molecule has 3 unspecified atom stereocenters. The van der Waals surface area contributed by atoms with E-state index >= 15 is 0 Å². The molecule has 2 aromatic carbocycles. The normalized spacial score (nSPS) is 23.7. The van der Waals surface area contributed by atoms with Gasteiger partial charge in [-0.1, -0.05) is 19.3 Å². The fourth-order valence-electron chi connectivity index (χ4n) is 13.3. The van der Waals surface area contributed by atoms with Crippen molar-refractivity contribution in [2.24, 2.45) is 0 Å². The van der Waals surface area contributed by atoms with Gasteiger partial charge in [-0.2, -0.15) is 0 Å². The number of halogens is 2.